The molecule has 1 aliphatic rings. The summed E-state index contributed by atoms with van der Waals surface area (Å²) in [6, 6.07) is 0. The molecule has 0 aromatic heterocycles. The molecule has 0 saturated carbocycles. The van der Waals surface area contributed by atoms with E-state index in [0.29, 0.717) is 5.92 Å². The van der Waals surface area contributed by atoms with E-state index < -0.39 is 0 Å². The second kappa shape index (κ2) is 14.3. The summed E-state index contributed by atoms with van der Waals surface area (Å²) in [6.07, 6.45) is 2.41. The predicted molar refractivity (Wildman–Crippen MR) is 112 cm³/mol. The summed E-state index contributed by atoms with van der Waals surface area (Å²) in [7, 11) is 0. The van der Waals surface area contributed by atoms with Crippen LogP contribution in [0.1, 0.15) is 40.5 Å². The Morgan fingerprint density at radius 3 is 2.26 bits per heavy atom. The lowest BCUT2D eigenvalue weighted by Crippen LogP contribution is -2.47. The largest absolute Gasteiger partial charge is 0.357 e. The number of hydrogen-bond acceptors (Lipinski definition) is 3. The summed E-state index contributed by atoms with van der Waals surface area (Å²) >= 11 is 0. The molecule has 2 N–H and O–H groups in total. The van der Waals surface area contributed by atoms with Crippen molar-refractivity contribution >= 4 is 29.9 Å². The highest BCUT2D eigenvalue weighted by Gasteiger charge is 2.17. The maximum Gasteiger partial charge on any atom is 0.191 e. The molecule has 1 atom stereocenters. The van der Waals surface area contributed by atoms with Crippen molar-refractivity contribution < 1.29 is 0 Å². The molecule has 138 valence electrons. The molecule has 0 amide bonds. The normalized spacial score (nSPS) is 18.3. The van der Waals surface area contributed by atoms with Crippen LogP contribution in [0.3, 0.4) is 0 Å². The number of unbranched alkanes of at least 4 members (excludes halogenated alkanes) is 1. The van der Waals surface area contributed by atoms with Crippen LogP contribution in [0.25, 0.3) is 0 Å². The SMILES string of the molecule is CCCCNC(=NCC(C)CN1CCN(CC)CC1)NCC.I. The van der Waals surface area contributed by atoms with Crippen LogP contribution in [0.2, 0.25) is 0 Å². The van der Waals surface area contributed by atoms with Crippen molar-refractivity contribution in [3.63, 3.8) is 0 Å². The van der Waals surface area contributed by atoms with Crippen LogP contribution >= 0.6 is 24.0 Å². The van der Waals surface area contributed by atoms with Gasteiger partial charge in [-0.15, -0.1) is 24.0 Å². The highest BCUT2D eigenvalue weighted by molar-refractivity contribution is 14.0. The Hall–Kier alpha value is -0.0800. The van der Waals surface area contributed by atoms with Gasteiger partial charge in [-0.1, -0.05) is 27.2 Å². The molecule has 0 aromatic rings. The lowest BCUT2D eigenvalue weighted by atomic mass is 10.1. The van der Waals surface area contributed by atoms with Gasteiger partial charge in [0.1, 0.15) is 0 Å². The van der Waals surface area contributed by atoms with Gasteiger partial charge in [0.2, 0.25) is 0 Å². The van der Waals surface area contributed by atoms with Crippen LogP contribution in [0.5, 0.6) is 0 Å². The number of piperazine rings is 1. The first-order valence-electron chi connectivity index (χ1n) is 9.16. The Labute approximate surface area is 160 Å². The Morgan fingerprint density at radius 1 is 1.04 bits per heavy atom. The number of likely N-dealkylation sites (N-methyl/N-ethyl adjacent to an activating group) is 1. The van der Waals surface area contributed by atoms with Gasteiger partial charge in [0.15, 0.2) is 5.96 Å². The number of halogens is 1. The van der Waals surface area contributed by atoms with E-state index in [1.54, 1.807) is 0 Å². The fourth-order valence-corrected chi connectivity index (χ4v) is 2.76. The molecular weight excluding hydrogens is 401 g/mol. The van der Waals surface area contributed by atoms with E-state index in [4.69, 9.17) is 4.99 Å². The fraction of sp³-hybridized carbons (Fsp3) is 0.941. The van der Waals surface area contributed by atoms with Crippen LogP contribution in [-0.4, -0.2) is 74.7 Å². The average molecular weight is 439 g/mol. The van der Waals surface area contributed by atoms with E-state index in [1.165, 1.54) is 45.6 Å². The van der Waals surface area contributed by atoms with Crippen molar-refractivity contribution in [2.45, 2.75) is 40.5 Å². The van der Waals surface area contributed by atoms with E-state index in [2.05, 4.69) is 48.1 Å². The van der Waals surface area contributed by atoms with Crippen LogP contribution in [0.4, 0.5) is 0 Å². The summed E-state index contributed by atoms with van der Waals surface area (Å²) in [6.45, 7) is 18.9. The second-order valence-electron chi connectivity index (χ2n) is 6.34. The molecule has 0 aliphatic carbocycles. The number of guanidine groups is 1. The second-order valence-corrected chi connectivity index (χ2v) is 6.34. The summed E-state index contributed by atoms with van der Waals surface area (Å²) in [4.78, 5) is 9.85. The lowest BCUT2D eigenvalue weighted by molar-refractivity contribution is 0.125. The van der Waals surface area contributed by atoms with E-state index in [-0.39, 0.29) is 24.0 Å². The molecule has 1 rings (SSSR count). The van der Waals surface area contributed by atoms with Crippen LogP contribution in [0.15, 0.2) is 4.99 Å². The van der Waals surface area contributed by atoms with Crippen molar-refractivity contribution in [1.29, 1.82) is 0 Å². The molecule has 5 nitrogen and oxygen atoms in total. The Balaban J connectivity index is 0.00000484. The first kappa shape index (κ1) is 22.9. The smallest absolute Gasteiger partial charge is 0.191 e. The zero-order valence-electron chi connectivity index (χ0n) is 15.6. The number of nitrogens with zero attached hydrogens (tertiary/aromatic N) is 3. The highest BCUT2D eigenvalue weighted by atomic mass is 127. The van der Waals surface area contributed by atoms with E-state index in [0.717, 1.165) is 32.1 Å². The lowest BCUT2D eigenvalue weighted by Gasteiger charge is -2.35. The van der Waals surface area contributed by atoms with E-state index in [9.17, 15) is 0 Å². The third-order valence-electron chi connectivity index (χ3n) is 4.21. The molecule has 0 radical (unpaired) electrons. The topological polar surface area (TPSA) is 42.9 Å². The monoisotopic (exact) mass is 439 g/mol. The van der Waals surface area contributed by atoms with E-state index in [1.807, 2.05) is 0 Å². The van der Waals surface area contributed by atoms with Gasteiger partial charge >= 0.3 is 0 Å². The molecule has 6 heteroatoms. The maximum atomic E-state index is 4.74. The van der Waals surface area contributed by atoms with Crippen molar-refractivity contribution in [1.82, 2.24) is 20.4 Å². The Kier molecular flexibility index (Phi) is 14.2. The van der Waals surface area contributed by atoms with Gasteiger partial charge in [-0.2, -0.15) is 0 Å². The molecule has 1 unspecified atom stereocenters. The number of nitrogens with one attached hydrogen (secondary N) is 2. The van der Waals surface area contributed by atoms with Crippen LogP contribution in [-0.2, 0) is 0 Å². The minimum atomic E-state index is 0. The summed E-state index contributed by atoms with van der Waals surface area (Å²) < 4.78 is 0. The highest BCUT2D eigenvalue weighted by Crippen LogP contribution is 2.06. The molecule has 1 fully saturated rings. The molecule has 0 aromatic carbocycles. The molecule has 0 bridgehead atoms. The number of hydrogen-bond donors (Lipinski definition) is 2. The van der Waals surface area contributed by atoms with Gasteiger partial charge in [-0.3, -0.25) is 4.99 Å². The van der Waals surface area contributed by atoms with Crippen molar-refractivity contribution in [2.75, 3.05) is 58.9 Å². The average Bonchev–Trinajstić information content (AvgIpc) is 2.53. The third-order valence-corrected chi connectivity index (χ3v) is 4.21. The number of aliphatic imine (C=N–C) groups is 1. The summed E-state index contributed by atoms with van der Waals surface area (Å²) in [5, 5.41) is 6.75. The molecule has 1 saturated heterocycles. The van der Waals surface area contributed by atoms with Gasteiger partial charge in [0.25, 0.3) is 0 Å². The number of rotatable bonds is 9. The van der Waals surface area contributed by atoms with Crippen molar-refractivity contribution in [3.05, 3.63) is 0 Å². The maximum absolute atomic E-state index is 4.74. The fourth-order valence-electron chi connectivity index (χ4n) is 2.76. The molecule has 1 aliphatic heterocycles. The standard InChI is InChI=1S/C17H37N5.HI/c1-5-8-9-19-17(18-6-2)20-14-16(4)15-22-12-10-21(7-3)11-13-22;/h16H,5-15H2,1-4H3,(H2,18,19,20);1H. The molecular formula is C17H38IN5. The zero-order valence-corrected chi connectivity index (χ0v) is 17.9. The molecule has 23 heavy (non-hydrogen) atoms. The van der Waals surface area contributed by atoms with Crippen LogP contribution < -0.4 is 10.6 Å². The molecule has 0 spiro atoms. The summed E-state index contributed by atoms with van der Waals surface area (Å²) in [5.41, 5.74) is 0. The van der Waals surface area contributed by atoms with Crippen molar-refractivity contribution in [2.24, 2.45) is 10.9 Å². The first-order chi connectivity index (χ1) is 10.7. The Bertz CT molecular complexity index is 303. The quantitative estimate of drug-likeness (QED) is 0.250. The van der Waals surface area contributed by atoms with Gasteiger partial charge in [-0.05, 0) is 25.8 Å². The van der Waals surface area contributed by atoms with E-state index >= 15 is 0 Å². The van der Waals surface area contributed by atoms with Gasteiger partial charge in [-0.25, -0.2) is 0 Å². The van der Waals surface area contributed by atoms with Crippen LogP contribution in [0, 0.1) is 5.92 Å². The third kappa shape index (κ3) is 10.4. The van der Waals surface area contributed by atoms with Crippen molar-refractivity contribution in [3.8, 4) is 0 Å². The molecule has 1 heterocycles. The minimum Gasteiger partial charge on any atom is -0.357 e. The minimum absolute atomic E-state index is 0. The van der Waals surface area contributed by atoms with Gasteiger partial charge < -0.3 is 20.4 Å². The van der Waals surface area contributed by atoms with Gasteiger partial charge in [0.05, 0.1) is 0 Å². The zero-order chi connectivity index (χ0) is 16.2. The summed E-state index contributed by atoms with van der Waals surface area (Å²) in [5.74, 6) is 1.58. The first-order valence-corrected chi connectivity index (χ1v) is 9.16. The Morgan fingerprint density at radius 2 is 1.70 bits per heavy atom. The van der Waals surface area contributed by atoms with Gasteiger partial charge in [0, 0.05) is 52.4 Å². The predicted octanol–water partition coefficient (Wildman–Crippen LogP) is 2.23.